The summed E-state index contributed by atoms with van der Waals surface area (Å²) in [6.45, 7) is 0.508. The number of ketones is 1. The number of methoxy groups -OCH3 is 1. The Morgan fingerprint density at radius 2 is 1.87 bits per heavy atom. The van der Waals surface area contributed by atoms with Crippen LogP contribution in [0.4, 0.5) is 5.69 Å². The van der Waals surface area contributed by atoms with Gasteiger partial charge in [0, 0.05) is 38.8 Å². The third kappa shape index (κ3) is 3.68. The van der Waals surface area contributed by atoms with Crippen molar-refractivity contribution in [2.45, 2.75) is 6.04 Å². The zero-order valence-electron chi connectivity index (χ0n) is 17.7. The summed E-state index contributed by atoms with van der Waals surface area (Å²) in [5.41, 5.74) is 2.28. The van der Waals surface area contributed by atoms with Gasteiger partial charge < -0.3 is 24.1 Å². The second-order valence-electron chi connectivity index (χ2n) is 7.62. The Morgan fingerprint density at radius 3 is 2.52 bits per heavy atom. The Kier molecular flexibility index (Phi) is 5.52. The highest BCUT2D eigenvalue weighted by Gasteiger charge is 2.44. The Hall–Kier alpha value is -3.58. The zero-order valence-corrected chi connectivity index (χ0v) is 17.7. The number of aliphatic hydroxyl groups is 1. The van der Waals surface area contributed by atoms with Crippen molar-refractivity contribution in [3.63, 3.8) is 0 Å². The first kappa shape index (κ1) is 20.7. The molecule has 3 aromatic rings. The number of fused-ring (bicyclic) bond motifs is 1. The number of benzene rings is 2. The van der Waals surface area contributed by atoms with E-state index >= 15 is 0 Å². The quantitative estimate of drug-likeness (QED) is 0.587. The minimum atomic E-state index is -0.737. The fourth-order valence-electron chi connectivity index (χ4n) is 3.83. The SMILES string of the molecule is COCCN1C(=O)C(O)=C(C(=O)c2cc3ccccc3o2)[C@H]1c1ccc(N(C)C)cc1. The van der Waals surface area contributed by atoms with Crippen LogP contribution in [0, 0.1) is 0 Å². The largest absolute Gasteiger partial charge is 0.503 e. The van der Waals surface area contributed by atoms with E-state index in [-0.39, 0.29) is 24.5 Å². The number of para-hydroxylation sites is 1. The maximum atomic E-state index is 13.4. The molecule has 1 atom stereocenters. The fourth-order valence-corrected chi connectivity index (χ4v) is 3.83. The molecule has 4 rings (SSSR count). The van der Waals surface area contributed by atoms with E-state index < -0.39 is 23.5 Å². The average molecular weight is 420 g/mol. The molecule has 1 aliphatic rings. The molecule has 1 N–H and O–H groups in total. The number of aliphatic hydroxyl groups excluding tert-OH is 1. The van der Waals surface area contributed by atoms with E-state index in [0.29, 0.717) is 5.58 Å². The monoisotopic (exact) mass is 420 g/mol. The summed E-state index contributed by atoms with van der Waals surface area (Å²) in [5.74, 6) is -1.58. The average Bonchev–Trinajstić information content (AvgIpc) is 3.31. The summed E-state index contributed by atoms with van der Waals surface area (Å²) in [7, 11) is 5.40. The highest BCUT2D eigenvalue weighted by molar-refractivity contribution is 6.16. The highest BCUT2D eigenvalue weighted by atomic mass is 16.5. The van der Waals surface area contributed by atoms with Crippen molar-refractivity contribution in [2.75, 3.05) is 39.3 Å². The molecule has 1 aromatic heterocycles. The number of anilines is 1. The number of nitrogens with zero attached hydrogens (tertiary/aromatic N) is 2. The molecule has 1 aliphatic heterocycles. The lowest BCUT2D eigenvalue weighted by Gasteiger charge is -2.26. The van der Waals surface area contributed by atoms with Crippen LogP contribution in [0.1, 0.15) is 22.2 Å². The summed E-state index contributed by atoms with van der Waals surface area (Å²) < 4.78 is 10.9. The number of furan rings is 1. The number of amides is 1. The van der Waals surface area contributed by atoms with Crippen molar-refractivity contribution in [1.82, 2.24) is 4.90 Å². The molecule has 7 heteroatoms. The Labute approximate surface area is 180 Å². The molecule has 0 spiro atoms. The molecule has 0 unspecified atom stereocenters. The summed E-state index contributed by atoms with van der Waals surface area (Å²) in [5, 5.41) is 11.5. The van der Waals surface area contributed by atoms with Gasteiger partial charge >= 0.3 is 0 Å². The Balaban J connectivity index is 1.78. The van der Waals surface area contributed by atoms with Crippen LogP contribution in [0.25, 0.3) is 11.0 Å². The number of carbonyl (C=O) groups is 2. The van der Waals surface area contributed by atoms with Crippen molar-refractivity contribution in [3.05, 3.63) is 77.3 Å². The molecule has 0 fully saturated rings. The molecule has 0 bridgehead atoms. The van der Waals surface area contributed by atoms with Crippen LogP contribution in [0.2, 0.25) is 0 Å². The summed E-state index contributed by atoms with van der Waals surface area (Å²) >= 11 is 0. The number of carbonyl (C=O) groups excluding carboxylic acids is 2. The van der Waals surface area contributed by atoms with Gasteiger partial charge in [0.25, 0.3) is 5.91 Å². The van der Waals surface area contributed by atoms with Gasteiger partial charge in [-0.05, 0) is 29.8 Å². The van der Waals surface area contributed by atoms with E-state index in [4.69, 9.17) is 9.15 Å². The van der Waals surface area contributed by atoms with Crippen molar-refractivity contribution in [1.29, 1.82) is 0 Å². The number of Topliss-reactive ketones (excluding diaryl/α,β-unsaturated/α-hetero) is 1. The molecule has 160 valence electrons. The summed E-state index contributed by atoms with van der Waals surface area (Å²) in [4.78, 5) is 29.7. The van der Waals surface area contributed by atoms with Crippen molar-refractivity contribution in [2.24, 2.45) is 0 Å². The van der Waals surface area contributed by atoms with Crippen LogP contribution in [-0.4, -0.2) is 56.1 Å². The molecule has 0 saturated heterocycles. The predicted octanol–water partition coefficient (Wildman–Crippen LogP) is 3.72. The number of rotatable bonds is 7. The topological polar surface area (TPSA) is 83.2 Å². The van der Waals surface area contributed by atoms with Crippen LogP contribution >= 0.6 is 0 Å². The van der Waals surface area contributed by atoms with E-state index in [2.05, 4.69) is 0 Å². The lowest BCUT2D eigenvalue weighted by atomic mass is 9.94. The molecule has 0 saturated carbocycles. The van der Waals surface area contributed by atoms with Crippen molar-refractivity contribution < 1.29 is 23.8 Å². The third-order valence-electron chi connectivity index (χ3n) is 5.46. The molecule has 0 aliphatic carbocycles. The van der Waals surface area contributed by atoms with Gasteiger partial charge in [0.1, 0.15) is 5.58 Å². The molecule has 2 heterocycles. The van der Waals surface area contributed by atoms with Crippen LogP contribution in [0.5, 0.6) is 0 Å². The maximum Gasteiger partial charge on any atom is 0.290 e. The molecule has 2 aromatic carbocycles. The Bertz CT molecular complexity index is 1130. The van der Waals surface area contributed by atoms with Gasteiger partial charge in [0.15, 0.2) is 11.5 Å². The minimum Gasteiger partial charge on any atom is -0.503 e. The molecule has 31 heavy (non-hydrogen) atoms. The van der Waals surface area contributed by atoms with Gasteiger partial charge in [-0.2, -0.15) is 0 Å². The zero-order chi connectivity index (χ0) is 22.1. The fraction of sp³-hybridized carbons (Fsp3) is 0.250. The van der Waals surface area contributed by atoms with Gasteiger partial charge in [-0.15, -0.1) is 0 Å². The van der Waals surface area contributed by atoms with Gasteiger partial charge in [-0.3, -0.25) is 9.59 Å². The van der Waals surface area contributed by atoms with E-state index in [1.165, 1.54) is 12.0 Å². The minimum absolute atomic E-state index is 0.0118. The van der Waals surface area contributed by atoms with E-state index in [9.17, 15) is 14.7 Å². The van der Waals surface area contributed by atoms with Crippen LogP contribution < -0.4 is 4.90 Å². The molecule has 0 radical (unpaired) electrons. The summed E-state index contributed by atoms with van der Waals surface area (Å²) in [6, 6.07) is 15.7. The van der Waals surface area contributed by atoms with Crippen molar-refractivity contribution in [3.8, 4) is 0 Å². The normalized spacial score (nSPS) is 16.4. The first-order chi connectivity index (χ1) is 14.9. The van der Waals surface area contributed by atoms with Gasteiger partial charge in [-0.25, -0.2) is 0 Å². The molecular formula is C24H24N2O5. The second-order valence-corrected chi connectivity index (χ2v) is 7.62. The van der Waals surface area contributed by atoms with Gasteiger partial charge in [0.2, 0.25) is 5.78 Å². The van der Waals surface area contributed by atoms with E-state index in [0.717, 1.165) is 16.6 Å². The number of ether oxygens (including phenoxy) is 1. The molecular weight excluding hydrogens is 396 g/mol. The van der Waals surface area contributed by atoms with Crippen LogP contribution in [0.15, 0.2) is 70.3 Å². The lowest BCUT2D eigenvalue weighted by Crippen LogP contribution is -2.34. The number of hydrogen-bond donors (Lipinski definition) is 1. The maximum absolute atomic E-state index is 13.4. The highest BCUT2D eigenvalue weighted by Crippen LogP contribution is 2.39. The first-order valence-corrected chi connectivity index (χ1v) is 9.96. The second kappa shape index (κ2) is 8.28. The van der Waals surface area contributed by atoms with E-state index in [1.54, 1.807) is 12.1 Å². The van der Waals surface area contributed by atoms with Crippen LogP contribution in [0.3, 0.4) is 0 Å². The lowest BCUT2D eigenvalue weighted by molar-refractivity contribution is -0.130. The number of hydrogen-bond acceptors (Lipinski definition) is 6. The third-order valence-corrected chi connectivity index (χ3v) is 5.46. The standard InChI is InChI=1S/C24H24N2O5/c1-25(2)17-10-8-15(9-11-17)21-20(23(28)24(29)26(21)12-13-30-3)22(27)19-14-16-6-4-5-7-18(16)31-19/h4-11,14,21,28H,12-13H2,1-3H3/t21-/m1/s1. The van der Waals surface area contributed by atoms with Gasteiger partial charge in [-0.1, -0.05) is 30.3 Å². The van der Waals surface area contributed by atoms with Crippen LogP contribution in [-0.2, 0) is 9.53 Å². The van der Waals surface area contributed by atoms with Crippen molar-refractivity contribution >= 4 is 28.3 Å². The first-order valence-electron chi connectivity index (χ1n) is 9.96. The predicted molar refractivity (Wildman–Crippen MR) is 117 cm³/mol. The van der Waals surface area contributed by atoms with E-state index in [1.807, 2.05) is 61.5 Å². The molecule has 1 amide bonds. The van der Waals surface area contributed by atoms with Gasteiger partial charge in [0.05, 0.1) is 18.2 Å². The molecule has 7 nitrogen and oxygen atoms in total. The summed E-state index contributed by atoms with van der Waals surface area (Å²) in [6.07, 6.45) is 0. The Morgan fingerprint density at radius 1 is 1.16 bits per heavy atom. The smallest absolute Gasteiger partial charge is 0.290 e.